The van der Waals surface area contributed by atoms with Crippen molar-refractivity contribution in [3.8, 4) is 0 Å². The zero-order chi connectivity index (χ0) is 16.1. The average Bonchev–Trinajstić information content (AvgIpc) is 2.23. The summed E-state index contributed by atoms with van der Waals surface area (Å²) in [6.07, 6.45) is -0.586. The Morgan fingerprint density at radius 3 is 2.00 bits per heavy atom. The molecule has 0 aromatic rings. The van der Waals surface area contributed by atoms with Gasteiger partial charge >= 0.3 is 11.9 Å². The van der Waals surface area contributed by atoms with Crippen molar-refractivity contribution in [1.29, 1.82) is 0 Å². The van der Waals surface area contributed by atoms with Crippen LogP contribution < -0.4 is 5.73 Å². The maximum absolute atomic E-state index is 11.8. The van der Waals surface area contributed by atoms with Crippen molar-refractivity contribution in [2.24, 2.45) is 17.6 Å². The number of carboxylic acids is 1. The molecule has 0 saturated carbocycles. The molecule has 0 bridgehead atoms. The second-order valence-electron chi connectivity index (χ2n) is 6.27. The van der Waals surface area contributed by atoms with Crippen molar-refractivity contribution in [1.82, 2.24) is 0 Å². The molecule has 0 aromatic carbocycles. The topological polar surface area (TPSA) is 107 Å². The number of carbonyl (C=O) groups is 3. The van der Waals surface area contributed by atoms with Gasteiger partial charge in [0.15, 0.2) is 5.78 Å². The zero-order valence-corrected chi connectivity index (χ0v) is 12.8. The highest BCUT2D eigenvalue weighted by atomic mass is 16.6. The number of hydrogen-bond acceptors (Lipinski definition) is 5. The minimum Gasteiger partial charge on any atom is -0.481 e. The Morgan fingerprint density at radius 1 is 1.15 bits per heavy atom. The molecule has 6 nitrogen and oxygen atoms in total. The van der Waals surface area contributed by atoms with Crippen LogP contribution in [0.3, 0.4) is 0 Å². The summed E-state index contributed by atoms with van der Waals surface area (Å²) >= 11 is 0. The molecule has 0 aromatic heterocycles. The van der Waals surface area contributed by atoms with E-state index in [4.69, 9.17) is 15.6 Å². The van der Waals surface area contributed by atoms with Crippen LogP contribution >= 0.6 is 0 Å². The summed E-state index contributed by atoms with van der Waals surface area (Å²) < 4.78 is 5.06. The SMILES string of the molecule is CC(C)[C@H](N)C(=O)C[C@H](CC(=O)OC(C)(C)C)C(=O)O. The van der Waals surface area contributed by atoms with E-state index in [9.17, 15) is 14.4 Å². The van der Waals surface area contributed by atoms with E-state index >= 15 is 0 Å². The number of esters is 1. The van der Waals surface area contributed by atoms with Gasteiger partial charge in [-0.25, -0.2) is 0 Å². The molecule has 0 aliphatic rings. The van der Waals surface area contributed by atoms with Crippen LogP contribution in [0.4, 0.5) is 0 Å². The summed E-state index contributed by atoms with van der Waals surface area (Å²) in [6, 6.07) is -0.713. The summed E-state index contributed by atoms with van der Waals surface area (Å²) in [5.74, 6) is -3.34. The monoisotopic (exact) mass is 287 g/mol. The van der Waals surface area contributed by atoms with Crippen molar-refractivity contribution in [2.75, 3.05) is 0 Å². The Labute approximate surface area is 119 Å². The van der Waals surface area contributed by atoms with Crippen LogP contribution in [-0.4, -0.2) is 34.5 Å². The van der Waals surface area contributed by atoms with Crippen molar-refractivity contribution in [3.63, 3.8) is 0 Å². The first-order valence-electron chi connectivity index (χ1n) is 6.67. The fourth-order valence-electron chi connectivity index (χ4n) is 1.58. The van der Waals surface area contributed by atoms with Crippen LogP contribution in [0.5, 0.6) is 0 Å². The Hall–Kier alpha value is -1.43. The predicted octanol–water partition coefficient (Wildman–Crippen LogP) is 1.36. The number of ketones is 1. The molecule has 0 saturated heterocycles. The Balaban J connectivity index is 4.64. The fraction of sp³-hybridized carbons (Fsp3) is 0.786. The van der Waals surface area contributed by atoms with E-state index in [0.29, 0.717) is 0 Å². The number of hydrogen-bond donors (Lipinski definition) is 2. The van der Waals surface area contributed by atoms with Gasteiger partial charge in [-0.1, -0.05) is 13.8 Å². The van der Waals surface area contributed by atoms with Gasteiger partial charge in [-0.2, -0.15) is 0 Å². The minimum atomic E-state index is -1.19. The van der Waals surface area contributed by atoms with Crippen molar-refractivity contribution in [3.05, 3.63) is 0 Å². The molecule has 0 aliphatic carbocycles. The van der Waals surface area contributed by atoms with Gasteiger partial charge in [0, 0.05) is 6.42 Å². The molecular formula is C14H25NO5. The van der Waals surface area contributed by atoms with Gasteiger partial charge < -0.3 is 15.6 Å². The lowest BCUT2D eigenvalue weighted by molar-refractivity contribution is -0.160. The zero-order valence-electron chi connectivity index (χ0n) is 12.8. The van der Waals surface area contributed by atoms with Crippen molar-refractivity contribution < 1.29 is 24.2 Å². The first-order valence-corrected chi connectivity index (χ1v) is 6.67. The van der Waals surface area contributed by atoms with Gasteiger partial charge in [-0.3, -0.25) is 14.4 Å². The van der Waals surface area contributed by atoms with E-state index in [1.54, 1.807) is 34.6 Å². The Bertz CT molecular complexity index is 370. The molecule has 0 fully saturated rings. The molecule has 0 rings (SSSR count). The number of nitrogens with two attached hydrogens (primary N) is 1. The number of carboxylic acid groups (broad SMARTS) is 1. The van der Waals surface area contributed by atoms with E-state index in [0.717, 1.165) is 0 Å². The van der Waals surface area contributed by atoms with Crippen LogP contribution in [0.2, 0.25) is 0 Å². The molecular weight excluding hydrogens is 262 g/mol. The largest absolute Gasteiger partial charge is 0.481 e. The lowest BCUT2D eigenvalue weighted by Gasteiger charge is -2.21. The molecule has 0 amide bonds. The molecule has 0 heterocycles. The summed E-state index contributed by atoms with van der Waals surface area (Å²) in [7, 11) is 0. The van der Waals surface area contributed by atoms with Crippen LogP contribution in [0.1, 0.15) is 47.5 Å². The normalized spacial score (nSPS) is 14.8. The third-order valence-corrected chi connectivity index (χ3v) is 2.72. The lowest BCUT2D eigenvalue weighted by Crippen LogP contribution is -2.38. The third-order valence-electron chi connectivity index (χ3n) is 2.72. The smallest absolute Gasteiger partial charge is 0.307 e. The Morgan fingerprint density at radius 2 is 1.65 bits per heavy atom. The van der Waals surface area contributed by atoms with Crippen LogP contribution in [0.25, 0.3) is 0 Å². The molecule has 2 atom stereocenters. The van der Waals surface area contributed by atoms with Crippen LogP contribution in [0.15, 0.2) is 0 Å². The highest BCUT2D eigenvalue weighted by Crippen LogP contribution is 2.17. The highest BCUT2D eigenvalue weighted by Gasteiger charge is 2.29. The van der Waals surface area contributed by atoms with E-state index in [1.807, 2.05) is 0 Å². The van der Waals surface area contributed by atoms with Gasteiger partial charge in [-0.15, -0.1) is 0 Å². The molecule has 0 spiro atoms. The first-order chi connectivity index (χ1) is 8.94. The summed E-state index contributed by atoms with van der Waals surface area (Å²) in [5, 5.41) is 9.09. The Kier molecular flexibility index (Phi) is 6.85. The second-order valence-corrected chi connectivity index (χ2v) is 6.27. The quantitative estimate of drug-likeness (QED) is 0.685. The van der Waals surface area contributed by atoms with E-state index in [-0.39, 0.29) is 24.5 Å². The number of rotatable bonds is 7. The third kappa shape index (κ3) is 7.23. The molecule has 20 heavy (non-hydrogen) atoms. The molecule has 116 valence electrons. The van der Waals surface area contributed by atoms with E-state index in [2.05, 4.69) is 0 Å². The lowest BCUT2D eigenvalue weighted by atomic mass is 9.91. The average molecular weight is 287 g/mol. The fourth-order valence-corrected chi connectivity index (χ4v) is 1.58. The maximum atomic E-state index is 11.8. The molecule has 0 radical (unpaired) electrons. The van der Waals surface area contributed by atoms with Gasteiger partial charge in [0.05, 0.1) is 18.4 Å². The van der Waals surface area contributed by atoms with Crippen LogP contribution in [-0.2, 0) is 19.1 Å². The number of ether oxygens (including phenoxy) is 1. The maximum Gasteiger partial charge on any atom is 0.307 e. The van der Waals surface area contributed by atoms with Crippen molar-refractivity contribution >= 4 is 17.7 Å². The summed E-state index contributed by atoms with van der Waals surface area (Å²) in [6.45, 7) is 8.65. The predicted molar refractivity (Wildman–Crippen MR) is 74.0 cm³/mol. The molecule has 0 aliphatic heterocycles. The van der Waals surface area contributed by atoms with Gasteiger partial charge in [0.2, 0.25) is 0 Å². The first kappa shape index (κ1) is 18.6. The van der Waals surface area contributed by atoms with Gasteiger partial charge in [0.1, 0.15) is 5.60 Å². The number of aliphatic carboxylic acids is 1. The number of Topliss-reactive ketones (excluding diaryl/α,β-unsaturated/α-hetero) is 1. The standard InChI is InChI=1S/C14H25NO5/c1-8(2)12(15)10(16)6-9(13(18)19)7-11(17)20-14(3,4)5/h8-9,12H,6-7,15H2,1-5H3,(H,18,19)/t9-,12+/m1/s1. The molecule has 6 heteroatoms. The van der Waals surface area contributed by atoms with Crippen molar-refractivity contribution in [2.45, 2.75) is 59.1 Å². The molecule has 3 N–H and O–H groups in total. The number of carbonyl (C=O) groups excluding carboxylic acids is 2. The summed E-state index contributed by atoms with van der Waals surface area (Å²) in [5.41, 5.74) is 5.00. The van der Waals surface area contributed by atoms with E-state index < -0.39 is 29.5 Å². The van der Waals surface area contributed by atoms with E-state index in [1.165, 1.54) is 0 Å². The summed E-state index contributed by atoms with van der Waals surface area (Å²) in [4.78, 5) is 34.6. The minimum absolute atomic E-state index is 0.0709. The van der Waals surface area contributed by atoms with Gasteiger partial charge in [0.25, 0.3) is 0 Å². The van der Waals surface area contributed by atoms with Crippen LogP contribution in [0, 0.1) is 11.8 Å². The highest BCUT2D eigenvalue weighted by molar-refractivity contribution is 5.89. The second kappa shape index (κ2) is 7.38. The molecule has 0 unspecified atom stereocenters. The van der Waals surface area contributed by atoms with Gasteiger partial charge in [-0.05, 0) is 26.7 Å².